The third kappa shape index (κ3) is 3.32. The molecule has 0 spiro atoms. The van der Waals surface area contributed by atoms with E-state index >= 15 is 0 Å². The van der Waals surface area contributed by atoms with Crippen LogP contribution in [0.2, 0.25) is 0 Å². The second kappa shape index (κ2) is 5.62. The number of ether oxygens (including phenoxy) is 1. The van der Waals surface area contributed by atoms with Gasteiger partial charge in [-0.3, -0.25) is 9.69 Å². The van der Waals surface area contributed by atoms with Gasteiger partial charge < -0.3 is 15.0 Å². The number of hydrogen-bond donors (Lipinski definition) is 2. The van der Waals surface area contributed by atoms with E-state index < -0.39 is 0 Å². The van der Waals surface area contributed by atoms with Gasteiger partial charge in [0.2, 0.25) is 0 Å². The number of nitrogens with zero attached hydrogens (tertiary/aromatic N) is 2. The van der Waals surface area contributed by atoms with Crippen LogP contribution in [-0.4, -0.2) is 54.3 Å². The molecule has 2 rings (SSSR count). The van der Waals surface area contributed by atoms with Gasteiger partial charge in [0.15, 0.2) is 0 Å². The minimum absolute atomic E-state index is 0.135. The largest absolute Gasteiger partial charge is 0.379 e. The van der Waals surface area contributed by atoms with Gasteiger partial charge >= 0.3 is 0 Å². The summed E-state index contributed by atoms with van der Waals surface area (Å²) in [7, 11) is 0. The molecule has 2 heterocycles. The van der Waals surface area contributed by atoms with E-state index in [2.05, 4.69) is 20.2 Å². The molecule has 0 unspecified atom stereocenters. The van der Waals surface area contributed by atoms with Gasteiger partial charge in [0, 0.05) is 32.2 Å². The molecule has 0 radical (unpaired) electrons. The van der Waals surface area contributed by atoms with Crippen molar-refractivity contribution in [2.45, 2.75) is 0 Å². The van der Waals surface area contributed by atoms with Crippen LogP contribution < -0.4 is 10.9 Å². The van der Waals surface area contributed by atoms with E-state index in [1.807, 2.05) is 0 Å². The standard InChI is InChI=1S/C10H16N4O2/c15-10-7-9(12-8-13-10)11-1-2-14-3-5-16-6-4-14/h7-8H,1-6H2,(H2,11,12,13,15). The summed E-state index contributed by atoms with van der Waals surface area (Å²) in [6, 6.07) is 1.46. The highest BCUT2D eigenvalue weighted by Crippen LogP contribution is 1.97. The van der Waals surface area contributed by atoms with E-state index in [4.69, 9.17) is 4.74 Å². The van der Waals surface area contributed by atoms with Crippen LogP contribution in [0.3, 0.4) is 0 Å². The summed E-state index contributed by atoms with van der Waals surface area (Å²) < 4.78 is 5.26. The third-order valence-corrected chi connectivity index (χ3v) is 2.52. The number of H-pyrrole nitrogens is 1. The fourth-order valence-corrected chi connectivity index (χ4v) is 1.63. The molecular weight excluding hydrogens is 208 g/mol. The molecule has 0 aliphatic carbocycles. The number of rotatable bonds is 4. The Balaban J connectivity index is 1.73. The normalized spacial score (nSPS) is 17.2. The third-order valence-electron chi connectivity index (χ3n) is 2.52. The van der Waals surface area contributed by atoms with Gasteiger partial charge in [-0.15, -0.1) is 0 Å². The van der Waals surface area contributed by atoms with Gasteiger partial charge in [-0.2, -0.15) is 0 Å². The first-order chi connectivity index (χ1) is 7.84. The number of nitrogens with one attached hydrogen (secondary N) is 2. The molecule has 0 bridgehead atoms. The molecule has 0 atom stereocenters. The summed E-state index contributed by atoms with van der Waals surface area (Å²) in [5, 5.41) is 3.12. The van der Waals surface area contributed by atoms with Crippen molar-refractivity contribution in [2.24, 2.45) is 0 Å². The van der Waals surface area contributed by atoms with Crippen LogP contribution in [0.25, 0.3) is 0 Å². The minimum Gasteiger partial charge on any atom is -0.379 e. The summed E-state index contributed by atoms with van der Waals surface area (Å²) in [5.74, 6) is 0.622. The maximum Gasteiger partial charge on any atom is 0.252 e. The molecular formula is C10H16N4O2. The first kappa shape index (κ1) is 11.1. The van der Waals surface area contributed by atoms with Crippen LogP contribution in [0.1, 0.15) is 0 Å². The van der Waals surface area contributed by atoms with Crippen LogP contribution in [-0.2, 0) is 4.74 Å². The van der Waals surface area contributed by atoms with Gasteiger partial charge in [-0.25, -0.2) is 4.98 Å². The monoisotopic (exact) mass is 224 g/mol. The number of hydrogen-bond acceptors (Lipinski definition) is 5. The Kier molecular flexibility index (Phi) is 3.90. The SMILES string of the molecule is O=c1cc(NCCN2CCOCC2)nc[nH]1. The van der Waals surface area contributed by atoms with Crippen molar-refractivity contribution in [3.8, 4) is 0 Å². The second-order valence-electron chi connectivity index (χ2n) is 3.68. The predicted molar refractivity (Wildman–Crippen MR) is 60.6 cm³/mol. The zero-order valence-electron chi connectivity index (χ0n) is 9.11. The Bertz CT molecular complexity index is 373. The van der Waals surface area contributed by atoms with Gasteiger partial charge in [0.25, 0.3) is 5.56 Å². The minimum atomic E-state index is -0.135. The van der Waals surface area contributed by atoms with E-state index in [0.29, 0.717) is 5.82 Å². The molecule has 16 heavy (non-hydrogen) atoms. The average Bonchev–Trinajstić information content (AvgIpc) is 2.30. The first-order valence-electron chi connectivity index (χ1n) is 5.43. The highest BCUT2D eigenvalue weighted by molar-refractivity contribution is 5.31. The Morgan fingerprint density at radius 1 is 1.50 bits per heavy atom. The van der Waals surface area contributed by atoms with Crippen LogP contribution in [0, 0.1) is 0 Å². The summed E-state index contributed by atoms with van der Waals surface area (Å²) in [5.41, 5.74) is -0.135. The zero-order chi connectivity index (χ0) is 11.2. The number of aromatic nitrogens is 2. The molecule has 0 saturated carbocycles. The van der Waals surface area contributed by atoms with Crippen molar-refractivity contribution in [1.82, 2.24) is 14.9 Å². The first-order valence-corrected chi connectivity index (χ1v) is 5.43. The maximum absolute atomic E-state index is 11.0. The molecule has 1 aromatic heterocycles. The van der Waals surface area contributed by atoms with Crippen molar-refractivity contribution >= 4 is 5.82 Å². The highest BCUT2D eigenvalue weighted by atomic mass is 16.5. The van der Waals surface area contributed by atoms with E-state index in [9.17, 15) is 4.79 Å². The quantitative estimate of drug-likeness (QED) is 0.722. The fraction of sp³-hybridized carbons (Fsp3) is 0.600. The maximum atomic E-state index is 11.0. The molecule has 2 N–H and O–H groups in total. The van der Waals surface area contributed by atoms with Crippen LogP contribution in [0.5, 0.6) is 0 Å². The molecule has 1 fully saturated rings. The van der Waals surface area contributed by atoms with E-state index in [1.165, 1.54) is 12.4 Å². The molecule has 6 heteroatoms. The van der Waals surface area contributed by atoms with Crippen molar-refractivity contribution in [1.29, 1.82) is 0 Å². The van der Waals surface area contributed by atoms with Gasteiger partial charge in [0.1, 0.15) is 5.82 Å². The van der Waals surface area contributed by atoms with Crippen LogP contribution in [0.4, 0.5) is 5.82 Å². The molecule has 88 valence electrons. The molecule has 0 amide bonds. The summed E-state index contributed by atoms with van der Waals surface area (Å²) >= 11 is 0. The van der Waals surface area contributed by atoms with E-state index in [1.54, 1.807) is 0 Å². The lowest BCUT2D eigenvalue weighted by molar-refractivity contribution is 0.0398. The lowest BCUT2D eigenvalue weighted by atomic mass is 10.4. The van der Waals surface area contributed by atoms with Crippen molar-refractivity contribution < 1.29 is 4.74 Å². The molecule has 1 aliphatic heterocycles. The molecule has 1 aliphatic rings. The van der Waals surface area contributed by atoms with Gasteiger partial charge in [-0.1, -0.05) is 0 Å². The van der Waals surface area contributed by atoms with Crippen molar-refractivity contribution in [3.05, 3.63) is 22.7 Å². The van der Waals surface area contributed by atoms with Crippen molar-refractivity contribution in [3.63, 3.8) is 0 Å². The Labute approximate surface area is 93.6 Å². The average molecular weight is 224 g/mol. The Hall–Kier alpha value is -1.40. The second-order valence-corrected chi connectivity index (χ2v) is 3.68. The lowest BCUT2D eigenvalue weighted by Crippen LogP contribution is -2.39. The number of anilines is 1. The lowest BCUT2D eigenvalue weighted by Gasteiger charge is -2.26. The van der Waals surface area contributed by atoms with E-state index in [-0.39, 0.29) is 5.56 Å². The van der Waals surface area contributed by atoms with E-state index in [0.717, 1.165) is 39.4 Å². The highest BCUT2D eigenvalue weighted by Gasteiger charge is 2.09. The molecule has 1 saturated heterocycles. The summed E-state index contributed by atoms with van der Waals surface area (Å²) in [4.78, 5) is 19.8. The number of aromatic amines is 1. The van der Waals surface area contributed by atoms with Crippen LogP contribution in [0.15, 0.2) is 17.2 Å². The Morgan fingerprint density at radius 3 is 3.06 bits per heavy atom. The molecule has 1 aromatic rings. The summed E-state index contributed by atoms with van der Waals surface area (Å²) in [6.45, 7) is 5.30. The summed E-state index contributed by atoms with van der Waals surface area (Å²) in [6.07, 6.45) is 1.40. The number of morpholine rings is 1. The Morgan fingerprint density at radius 2 is 2.31 bits per heavy atom. The smallest absolute Gasteiger partial charge is 0.252 e. The topological polar surface area (TPSA) is 70.2 Å². The van der Waals surface area contributed by atoms with Gasteiger partial charge in [-0.05, 0) is 0 Å². The molecule has 6 nitrogen and oxygen atoms in total. The van der Waals surface area contributed by atoms with Crippen LogP contribution >= 0.6 is 0 Å². The zero-order valence-corrected chi connectivity index (χ0v) is 9.11. The van der Waals surface area contributed by atoms with Crippen molar-refractivity contribution in [2.75, 3.05) is 44.7 Å². The predicted octanol–water partition coefficient (Wildman–Crippen LogP) is -0.486. The van der Waals surface area contributed by atoms with Gasteiger partial charge in [0.05, 0.1) is 19.5 Å². The fourth-order valence-electron chi connectivity index (χ4n) is 1.63. The molecule has 0 aromatic carbocycles.